The third-order valence-corrected chi connectivity index (χ3v) is 11.1. The minimum Gasteiger partial charge on any atom is -0.394 e. The van der Waals surface area contributed by atoms with Crippen molar-refractivity contribution in [3.05, 3.63) is 36.5 Å². The lowest BCUT2D eigenvalue weighted by molar-refractivity contribution is -0.272. The average Bonchev–Trinajstić information content (AvgIpc) is 3.19. The average molecular weight is 792 g/mol. The van der Waals surface area contributed by atoms with Gasteiger partial charge in [-0.05, 0) is 51.4 Å². The molecule has 0 saturated carbocycles. The van der Waals surface area contributed by atoms with Gasteiger partial charge in [-0.15, -0.1) is 0 Å². The summed E-state index contributed by atoms with van der Waals surface area (Å²) in [6.07, 6.45) is 44.2. The first kappa shape index (κ1) is 52.5. The van der Waals surface area contributed by atoms with Gasteiger partial charge in [-0.25, -0.2) is 0 Å². The number of amides is 1. The van der Waals surface area contributed by atoms with Crippen molar-refractivity contribution in [2.24, 2.45) is 0 Å². The zero-order valence-electron chi connectivity index (χ0n) is 36.3. The molecule has 1 aliphatic heterocycles. The van der Waals surface area contributed by atoms with Gasteiger partial charge in [0.25, 0.3) is 0 Å². The Hall–Kier alpha value is -1.55. The maximum Gasteiger partial charge on any atom is 0.220 e. The molecule has 1 fully saturated rings. The molecule has 6 atom stereocenters. The lowest BCUT2D eigenvalue weighted by Gasteiger charge is -2.37. The summed E-state index contributed by atoms with van der Waals surface area (Å²) in [5.41, 5.74) is 0. The Bertz CT molecular complexity index is 956. The van der Waals surface area contributed by atoms with E-state index in [2.05, 4.69) is 43.5 Å². The van der Waals surface area contributed by atoms with Crippen LogP contribution >= 0.6 is 0 Å². The Labute approximate surface area is 344 Å². The molecule has 8 heteroatoms. The summed E-state index contributed by atoms with van der Waals surface area (Å²) in [5, 5.41) is 44.0. The van der Waals surface area contributed by atoms with E-state index in [4.69, 9.17) is 9.47 Å². The van der Waals surface area contributed by atoms with Crippen LogP contribution in [0.2, 0.25) is 0 Å². The fraction of sp³-hybridized carbons (Fsp3) is 0.854. The molecule has 1 amide bonds. The number of aliphatic hydroxyl groups is 4. The molecular formula is C48H89NO7. The monoisotopic (exact) mass is 792 g/mol. The first-order valence-corrected chi connectivity index (χ1v) is 23.6. The Morgan fingerprint density at radius 2 is 1.09 bits per heavy atom. The Balaban J connectivity index is 2.26. The number of hydrogen-bond acceptors (Lipinski definition) is 7. The molecule has 4 unspecified atom stereocenters. The van der Waals surface area contributed by atoms with E-state index in [1.165, 1.54) is 148 Å². The summed E-state index contributed by atoms with van der Waals surface area (Å²) in [7, 11) is 0. The van der Waals surface area contributed by atoms with Gasteiger partial charge in [0.15, 0.2) is 6.29 Å². The summed E-state index contributed by atoms with van der Waals surface area (Å²) in [6.45, 7) is 4.04. The normalized spacial score (nSPS) is 20.1. The standard InChI is InChI=1S/C48H89NO7/c1-3-5-7-9-11-13-15-17-18-19-20-21-22-23-24-26-28-30-32-34-36-38-47(54)49-42(41-55-48-45(53)39-44(52)46(40-50)56-48)43(51)37-35-33-31-29-27-25-16-14-12-10-8-6-4-2/h11,13,17-18,35,37,42-46,48,50-53H,3-10,12,14-16,19-34,36,38-41H2,1-2H3,(H,49,54)/b13-11-,18-17-,37-35+/t42-,43+,44?,45?,46?,48?/m0/s1. The fourth-order valence-corrected chi connectivity index (χ4v) is 7.34. The lowest BCUT2D eigenvalue weighted by atomic mass is 10.0. The van der Waals surface area contributed by atoms with E-state index in [1.807, 2.05) is 6.08 Å². The van der Waals surface area contributed by atoms with Crippen molar-refractivity contribution >= 4 is 5.91 Å². The third kappa shape index (κ3) is 30.5. The number of ether oxygens (including phenoxy) is 2. The molecular weight excluding hydrogens is 703 g/mol. The van der Waals surface area contributed by atoms with Crippen molar-refractivity contribution in [3.8, 4) is 0 Å². The third-order valence-electron chi connectivity index (χ3n) is 11.1. The van der Waals surface area contributed by atoms with Crippen LogP contribution in [0.5, 0.6) is 0 Å². The van der Waals surface area contributed by atoms with E-state index < -0.39 is 43.4 Å². The highest BCUT2D eigenvalue weighted by Gasteiger charge is 2.37. The van der Waals surface area contributed by atoms with E-state index >= 15 is 0 Å². The van der Waals surface area contributed by atoms with E-state index in [0.717, 1.165) is 38.5 Å². The van der Waals surface area contributed by atoms with Gasteiger partial charge in [-0.3, -0.25) is 4.79 Å². The second-order valence-corrected chi connectivity index (χ2v) is 16.4. The molecule has 1 rings (SSSR count). The van der Waals surface area contributed by atoms with Gasteiger partial charge in [0, 0.05) is 12.8 Å². The molecule has 1 heterocycles. The number of carbonyl (C=O) groups excluding carboxylic acids is 1. The van der Waals surface area contributed by atoms with Crippen molar-refractivity contribution < 1.29 is 34.7 Å². The van der Waals surface area contributed by atoms with Crippen LogP contribution in [-0.4, -0.2) is 76.3 Å². The number of rotatable bonds is 39. The van der Waals surface area contributed by atoms with Crippen LogP contribution in [0.25, 0.3) is 0 Å². The number of unbranched alkanes of at least 4 members (excludes halogenated alkanes) is 25. The van der Waals surface area contributed by atoms with Gasteiger partial charge >= 0.3 is 0 Å². The quantitative estimate of drug-likeness (QED) is 0.0310. The van der Waals surface area contributed by atoms with E-state index in [-0.39, 0.29) is 18.9 Å². The highest BCUT2D eigenvalue weighted by molar-refractivity contribution is 5.76. The topological polar surface area (TPSA) is 128 Å². The van der Waals surface area contributed by atoms with Gasteiger partial charge < -0.3 is 35.2 Å². The molecule has 0 aromatic rings. The second-order valence-electron chi connectivity index (χ2n) is 16.4. The van der Waals surface area contributed by atoms with Crippen molar-refractivity contribution in [1.82, 2.24) is 5.32 Å². The first-order valence-electron chi connectivity index (χ1n) is 23.6. The lowest BCUT2D eigenvalue weighted by Crippen LogP contribution is -2.52. The van der Waals surface area contributed by atoms with Gasteiger partial charge in [-0.2, -0.15) is 0 Å². The van der Waals surface area contributed by atoms with E-state index in [1.54, 1.807) is 6.08 Å². The smallest absolute Gasteiger partial charge is 0.220 e. The second kappa shape index (κ2) is 38.9. The summed E-state index contributed by atoms with van der Waals surface area (Å²) in [4.78, 5) is 12.9. The van der Waals surface area contributed by atoms with Crippen molar-refractivity contribution in [2.45, 2.75) is 250 Å². The zero-order chi connectivity index (χ0) is 40.7. The van der Waals surface area contributed by atoms with Crippen LogP contribution < -0.4 is 5.32 Å². The molecule has 0 bridgehead atoms. The molecule has 1 aliphatic rings. The predicted octanol–water partition coefficient (Wildman–Crippen LogP) is 11.1. The molecule has 0 aromatic heterocycles. The molecule has 8 nitrogen and oxygen atoms in total. The van der Waals surface area contributed by atoms with Crippen LogP contribution in [0.1, 0.15) is 213 Å². The van der Waals surface area contributed by atoms with Crippen LogP contribution in [0.15, 0.2) is 36.5 Å². The minimum absolute atomic E-state index is 0.0181. The molecule has 0 radical (unpaired) electrons. The van der Waals surface area contributed by atoms with E-state index in [9.17, 15) is 25.2 Å². The molecule has 0 aliphatic carbocycles. The molecule has 0 spiro atoms. The summed E-state index contributed by atoms with van der Waals surface area (Å²) >= 11 is 0. The molecule has 0 aromatic carbocycles. The maximum atomic E-state index is 12.9. The van der Waals surface area contributed by atoms with Gasteiger partial charge in [0.2, 0.25) is 5.91 Å². The van der Waals surface area contributed by atoms with Crippen molar-refractivity contribution in [3.63, 3.8) is 0 Å². The predicted molar refractivity (Wildman–Crippen MR) is 234 cm³/mol. The van der Waals surface area contributed by atoms with Crippen LogP contribution in [0.3, 0.4) is 0 Å². The number of nitrogens with one attached hydrogen (secondary N) is 1. The summed E-state index contributed by atoms with van der Waals surface area (Å²) < 4.78 is 11.4. The van der Waals surface area contributed by atoms with Crippen LogP contribution in [-0.2, 0) is 14.3 Å². The molecule has 1 saturated heterocycles. The summed E-state index contributed by atoms with van der Waals surface area (Å²) in [6, 6.07) is -0.713. The number of allylic oxidation sites excluding steroid dienone is 5. The Morgan fingerprint density at radius 1 is 0.643 bits per heavy atom. The van der Waals surface area contributed by atoms with Crippen LogP contribution in [0.4, 0.5) is 0 Å². The number of hydrogen-bond donors (Lipinski definition) is 5. The largest absolute Gasteiger partial charge is 0.394 e. The van der Waals surface area contributed by atoms with Crippen LogP contribution in [0, 0.1) is 0 Å². The van der Waals surface area contributed by atoms with Crippen molar-refractivity contribution in [1.29, 1.82) is 0 Å². The summed E-state index contributed by atoms with van der Waals surface area (Å²) in [5.74, 6) is -0.129. The first-order chi connectivity index (χ1) is 27.4. The van der Waals surface area contributed by atoms with Gasteiger partial charge in [0.05, 0.1) is 31.5 Å². The van der Waals surface area contributed by atoms with Crippen molar-refractivity contribution in [2.75, 3.05) is 13.2 Å². The highest BCUT2D eigenvalue weighted by atomic mass is 16.7. The highest BCUT2D eigenvalue weighted by Crippen LogP contribution is 2.22. The number of aliphatic hydroxyl groups excluding tert-OH is 4. The zero-order valence-corrected chi connectivity index (χ0v) is 36.3. The minimum atomic E-state index is -1.08. The Morgan fingerprint density at radius 3 is 1.61 bits per heavy atom. The SMILES string of the molecule is CCCCC/C=C\C/C=C\CCCCCCCCCCCCCC(=O)N[C@@H](COC1OC(CO)C(O)CC1O)[C@H](O)/C=C/CCCCCCCCCCCCC. The Kier molecular flexibility index (Phi) is 36.5. The van der Waals surface area contributed by atoms with E-state index in [0.29, 0.717) is 6.42 Å². The number of carbonyl (C=O) groups is 1. The maximum absolute atomic E-state index is 12.9. The molecule has 56 heavy (non-hydrogen) atoms. The van der Waals surface area contributed by atoms with Gasteiger partial charge in [-0.1, -0.05) is 185 Å². The fourth-order valence-electron chi connectivity index (χ4n) is 7.34. The van der Waals surface area contributed by atoms with Gasteiger partial charge in [0.1, 0.15) is 12.2 Å². The molecule has 5 N–H and O–H groups in total. The molecule has 328 valence electrons.